The van der Waals surface area contributed by atoms with Crippen molar-refractivity contribution in [3.05, 3.63) is 23.8 Å². The molecule has 1 aliphatic heterocycles. The Balaban J connectivity index is 2.42. The maximum atomic E-state index is 10.8. The quantitative estimate of drug-likeness (QED) is 0.751. The van der Waals surface area contributed by atoms with Crippen LogP contribution in [0, 0.1) is 0 Å². The monoisotopic (exact) mass is 210 g/mol. The van der Waals surface area contributed by atoms with Gasteiger partial charge in [0.25, 0.3) is 0 Å². The number of hydrogen-bond acceptors (Lipinski definition) is 4. The van der Waals surface area contributed by atoms with Crippen molar-refractivity contribution in [3.63, 3.8) is 0 Å². The molecule has 0 fully saturated rings. The van der Waals surface area contributed by atoms with Crippen LogP contribution in [-0.2, 0) is 10.4 Å². The lowest BCUT2D eigenvalue weighted by Gasteiger charge is -2.18. The molecule has 5 nitrogen and oxygen atoms in total. The van der Waals surface area contributed by atoms with Crippen molar-refractivity contribution in [2.75, 3.05) is 6.79 Å². The van der Waals surface area contributed by atoms with Crippen molar-refractivity contribution in [1.82, 2.24) is 0 Å². The van der Waals surface area contributed by atoms with Crippen molar-refractivity contribution in [2.24, 2.45) is 0 Å². The van der Waals surface area contributed by atoms with Gasteiger partial charge in [-0.25, -0.2) is 4.79 Å². The summed E-state index contributed by atoms with van der Waals surface area (Å²) in [7, 11) is 0. The standard InChI is InChI=1S/C10H10O5/c1-10(13,9(11)12)6-2-3-7-8(4-6)15-5-14-7/h2-4,13H,5H2,1H3,(H,11,12). The number of carbonyl (C=O) groups is 1. The number of hydrogen-bond donors (Lipinski definition) is 2. The van der Waals surface area contributed by atoms with E-state index >= 15 is 0 Å². The van der Waals surface area contributed by atoms with Gasteiger partial charge in [0.15, 0.2) is 17.1 Å². The Bertz CT molecular complexity index is 410. The average molecular weight is 210 g/mol. The van der Waals surface area contributed by atoms with Crippen molar-refractivity contribution >= 4 is 5.97 Å². The SMILES string of the molecule is CC(O)(C(=O)O)c1ccc2c(c1)OCO2. The molecule has 0 amide bonds. The Morgan fingerprint density at radius 1 is 1.40 bits per heavy atom. The second kappa shape index (κ2) is 3.13. The third-order valence-corrected chi connectivity index (χ3v) is 2.35. The minimum atomic E-state index is -1.92. The van der Waals surface area contributed by atoms with Crippen LogP contribution < -0.4 is 9.47 Å². The first-order valence-electron chi connectivity index (χ1n) is 4.37. The number of carboxylic acids is 1. The molecule has 1 aromatic rings. The summed E-state index contributed by atoms with van der Waals surface area (Å²) < 4.78 is 10.2. The first kappa shape index (κ1) is 9.79. The summed E-state index contributed by atoms with van der Waals surface area (Å²) in [5.41, 5.74) is -1.65. The van der Waals surface area contributed by atoms with Gasteiger partial charge in [-0.3, -0.25) is 0 Å². The van der Waals surface area contributed by atoms with Gasteiger partial charge in [-0.1, -0.05) is 6.07 Å². The van der Waals surface area contributed by atoms with Gasteiger partial charge in [0.05, 0.1) is 0 Å². The van der Waals surface area contributed by atoms with E-state index in [2.05, 4.69) is 0 Å². The number of ether oxygens (including phenoxy) is 2. The van der Waals surface area contributed by atoms with E-state index in [9.17, 15) is 9.90 Å². The van der Waals surface area contributed by atoms with Crippen molar-refractivity contribution in [1.29, 1.82) is 0 Å². The highest BCUT2D eigenvalue weighted by Crippen LogP contribution is 2.35. The second-order valence-corrected chi connectivity index (χ2v) is 3.45. The molecule has 15 heavy (non-hydrogen) atoms. The predicted octanol–water partition coefficient (Wildman–Crippen LogP) is 0.707. The largest absolute Gasteiger partial charge is 0.479 e. The summed E-state index contributed by atoms with van der Waals surface area (Å²) in [5, 5.41) is 18.5. The number of carboxylic acid groups (broad SMARTS) is 1. The summed E-state index contributed by atoms with van der Waals surface area (Å²) in [6.45, 7) is 1.33. The van der Waals surface area contributed by atoms with Crippen LogP contribution in [0.3, 0.4) is 0 Å². The van der Waals surface area contributed by atoms with Gasteiger partial charge in [-0.2, -0.15) is 0 Å². The van der Waals surface area contributed by atoms with Gasteiger partial charge >= 0.3 is 5.97 Å². The van der Waals surface area contributed by atoms with Crippen LogP contribution in [0.25, 0.3) is 0 Å². The molecule has 0 spiro atoms. The normalized spacial score (nSPS) is 17.2. The Labute approximate surface area is 85.9 Å². The topological polar surface area (TPSA) is 76.0 Å². The van der Waals surface area contributed by atoms with Gasteiger partial charge in [-0.05, 0) is 24.6 Å². The zero-order chi connectivity index (χ0) is 11.1. The molecule has 80 valence electrons. The summed E-state index contributed by atoms with van der Waals surface area (Å²) in [5.74, 6) is -0.296. The van der Waals surface area contributed by atoms with Crippen molar-refractivity contribution in [3.8, 4) is 11.5 Å². The van der Waals surface area contributed by atoms with E-state index < -0.39 is 11.6 Å². The molecule has 1 unspecified atom stereocenters. The number of aliphatic hydroxyl groups is 1. The van der Waals surface area contributed by atoms with Crippen LogP contribution in [0.2, 0.25) is 0 Å². The van der Waals surface area contributed by atoms with Crippen LogP contribution in [0.4, 0.5) is 0 Å². The highest BCUT2D eigenvalue weighted by molar-refractivity contribution is 5.78. The minimum Gasteiger partial charge on any atom is -0.479 e. The molecule has 2 rings (SSSR count). The van der Waals surface area contributed by atoms with Crippen LogP contribution >= 0.6 is 0 Å². The molecule has 0 bridgehead atoms. The van der Waals surface area contributed by atoms with E-state index in [-0.39, 0.29) is 12.4 Å². The molecule has 1 aromatic carbocycles. The van der Waals surface area contributed by atoms with Crippen LogP contribution in [0.15, 0.2) is 18.2 Å². The van der Waals surface area contributed by atoms with Gasteiger partial charge in [-0.15, -0.1) is 0 Å². The first-order chi connectivity index (χ1) is 7.01. The van der Waals surface area contributed by atoms with Crippen molar-refractivity contribution < 1.29 is 24.5 Å². The van der Waals surface area contributed by atoms with Crippen LogP contribution in [0.5, 0.6) is 11.5 Å². The number of rotatable bonds is 2. The molecule has 2 N–H and O–H groups in total. The summed E-state index contributed by atoms with van der Waals surface area (Å²) in [6.07, 6.45) is 0. The molecule has 1 atom stereocenters. The third-order valence-electron chi connectivity index (χ3n) is 2.35. The second-order valence-electron chi connectivity index (χ2n) is 3.45. The Morgan fingerprint density at radius 2 is 2.07 bits per heavy atom. The van der Waals surface area contributed by atoms with E-state index in [0.29, 0.717) is 11.5 Å². The molecule has 0 saturated heterocycles. The molecule has 1 heterocycles. The Morgan fingerprint density at radius 3 is 2.73 bits per heavy atom. The number of benzene rings is 1. The summed E-state index contributed by atoms with van der Waals surface area (Å²) >= 11 is 0. The highest BCUT2D eigenvalue weighted by Gasteiger charge is 2.33. The van der Waals surface area contributed by atoms with E-state index in [1.807, 2.05) is 0 Å². The average Bonchev–Trinajstić information content (AvgIpc) is 2.63. The molecule has 1 aliphatic rings. The van der Waals surface area contributed by atoms with Gasteiger partial charge in [0.2, 0.25) is 6.79 Å². The lowest BCUT2D eigenvalue weighted by atomic mass is 9.96. The fourth-order valence-electron chi connectivity index (χ4n) is 1.32. The minimum absolute atomic E-state index is 0.119. The van der Waals surface area contributed by atoms with Gasteiger partial charge < -0.3 is 19.7 Å². The molecule has 5 heteroatoms. The van der Waals surface area contributed by atoms with Crippen LogP contribution in [0.1, 0.15) is 12.5 Å². The molecular weight excluding hydrogens is 200 g/mol. The zero-order valence-electron chi connectivity index (χ0n) is 8.06. The predicted molar refractivity (Wildman–Crippen MR) is 49.8 cm³/mol. The lowest BCUT2D eigenvalue weighted by Crippen LogP contribution is -2.31. The zero-order valence-corrected chi connectivity index (χ0v) is 8.06. The van der Waals surface area contributed by atoms with E-state index in [1.165, 1.54) is 19.1 Å². The summed E-state index contributed by atoms with van der Waals surface area (Å²) in [6, 6.07) is 4.55. The Hall–Kier alpha value is -1.75. The lowest BCUT2D eigenvalue weighted by molar-refractivity contribution is -0.157. The molecule has 0 aromatic heterocycles. The third kappa shape index (κ3) is 1.50. The van der Waals surface area contributed by atoms with E-state index in [4.69, 9.17) is 14.6 Å². The maximum Gasteiger partial charge on any atom is 0.340 e. The molecular formula is C10H10O5. The fraction of sp³-hybridized carbons (Fsp3) is 0.300. The molecule has 0 radical (unpaired) electrons. The van der Waals surface area contributed by atoms with Crippen molar-refractivity contribution in [2.45, 2.75) is 12.5 Å². The highest BCUT2D eigenvalue weighted by atomic mass is 16.7. The smallest absolute Gasteiger partial charge is 0.340 e. The fourth-order valence-corrected chi connectivity index (χ4v) is 1.32. The number of fused-ring (bicyclic) bond motifs is 1. The van der Waals surface area contributed by atoms with E-state index in [1.54, 1.807) is 6.07 Å². The molecule has 0 aliphatic carbocycles. The maximum absolute atomic E-state index is 10.8. The summed E-state index contributed by atoms with van der Waals surface area (Å²) in [4.78, 5) is 10.8. The van der Waals surface area contributed by atoms with Gasteiger partial charge in [0, 0.05) is 0 Å². The number of aliphatic carboxylic acids is 1. The Kier molecular flexibility index (Phi) is 2.04. The van der Waals surface area contributed by atoms with E-state index in [0.717, 1.165) is 0 Å². The van der Waals surface area contributed by atoms with Crippen LogP contribution in [-0.4, -0.2) is 23.0 Å². The first-order valence-corrected chi connectivity index (χ1v) is 4.37. The van der Waals surface area contributed by atoms with Gasteiger partial charge in [0.1, 0.15) is 0 Å². The molecule has 0 saturated carbocycles.